The van der Waals surface area contributed by atoms with Crippen LogP contribution >= 0.6 is 0 Å². The molecule has 1 aliphatic heterocycles. The highest BCUT2D eigenvalue weighted by Crippen LogP contribution is 2.21. The van der Waals surface area contributed by atoms with Gasteiger partial charge >= 0.3 is 5.97 Å². The molecule has 1 fully saturated rings. The Labute approximate surface area is 190 Å². The molecular formula is C22H41N5O5. The maximum Gasteiger partial charge on any atom is 0.326 e. The van der Waals surface area contributed by atoms with Gasteiger partial charge in [0.2, 0.25) is 17.7 Å². The molecule has 0 aromatic rings. The third kappa shape index (κ3) is 7.74. The van der Waals surface area contributed by atoms with E-state index in [0.29, 0.717) is 51.6 Å². The molecule has 184 valence electrons. The molecule has 0 radical (unpaired) electrons. The molecule has 1 rings (SSSR count). The summed E-state index contributed by atoms with van der Waals surface area (Å²) in [5.74, 6) is -2.65. The molecule has 0 aromatic carbocycles. The number of hydrogen-bond donors (Lipinski definition) is 5. The average Bonchev–Trinajstić information content (AvgIpc) is 3.25. The number of nitrogens with one attached hydrogen (secondary N) is 2. The largest absolute Gasteiger partial charge is 0.480 e. The molecule has 3 amide bonds. The lowest BCUT2D eigenvalue weighted by molar-refractivity contribution is -0.150. The molecule has 7 N–H and O–H groups in total. The Hall–Kier alpha value is -2.20. The fourth-order valence-corrected chi connectivity index (χ4v) is 3.74. The summed E-state index contributed by atoms with van der Waals surface area (Å²) >= 11 is 0. The van der Waals surface area contributed by atoms with Gasteiger partial charge in [0.1, 0.15) is 18.1 Å². The molecule has 0 aromatic heterocycles. The highest BCUT2D eigenvalue weighted by Gasteiger charge is 2.39. The lowest BCUT2D eigenvalue weighted by Gasteiger charge is -2.31. The van der Waals surface area contributed by atoms with Crippen molar-refractivity contribution in [3.63, 3.8) is 0 Å². The predicted octanol–water partition coefficient (Wildman–Crippen LogP) is 0.190. The van der Waals surface area contributed by atoms with E-state index in [2.05, 4.69) is 10.6 Å². The maximum absolute atomic E-state index is 13.2. The van der Waals surface area contributed by atoms with Crippen molar-refractivity contribution in [3.05, 3.63) is 0 Å². The summed E-state index contributed by atoms with van der Waals surface area (Å²) in [6.07, 6.45) is 3.30. The van der Waals surface area contributed by atoms with E-state index in [-0.39, 0.29) is 11.8 Å². The number of likely N-dealkylation sites (tertiary alicyclic amines) is 1. The molecule has 0 bridgehead atoms. The standard InChI is InChI=1S/C22H41N5O5/c1-5-14(4)18(21(30)27-12-8-10-16(27)22(31)32)26-19(28)15(9-6-7-11-23)25-20(29)17(24)13(2)3/h13-18H,5-12,23-24H2,1-4H3,(H,25,29)(H,26,28)(H,31,32). The van der Waals surface area contributed by atoms with Crippen LogP contribution in [0.5, 0.6) is 0 Å². The zero-order valence-corrected chi connectivity index (χ0v) is 19.8. The molecule has 5 atom stereocenters. The second-order valence-corrected chi connectivity index (χ2v) is 9.02. The van der Waals surface area contributed by atoms with Gasteiger partial charge in [-0.1, -0.05) is 34.1 Å². The van der Waals surface area contributed by atoms with Gasteiger partial charge in [-0.2, -0.15) is 0 Å². The van der Waals surface area contributed by atoms with Gasteiger partial charge in [-0.05, 0) is 50.5 Å². The van der Waals surface area contributed by atoms with Gasteiger partial charge in [-0.3, -0.25) is 14.4 Å². The summed E-state index contributed by atoms with van der Waals surface area (Å²) in [6, 6.07) is -3.37. The van der Waals surface area contributed by atoms with Gasteiger partial charge in [0.25, 0.3) is 0 Å². The smallest absolute Gasteiger partial charge is 0.326 e. The second-order valence-electron chi connectivity index (χ2n) is 9.02. The molecule has 10 nitrogen and oxygen atoms in total. The van der Waals surface area contributed by atoms with Crippen LogP contribution in [0.25, 0.3) is 0 Å². The number of aliphatic carboxylic acids is 1. The number of nitrogens with two attached hydrogens (primary N) is 2. The minimum Gasteiger partial charge on any atom is -0.480 e. The van der Waals surface area contributed by atoms with Crippen LogP contribution in [0.1, 0.15) is 66.2 Å². The van der Waals surface area contributed by atoms with E-state index in [1.807, 2.05) is 27.7 Å². The van der Waals surface area contributed by atoms with Crippen molar-refractivity contribution >= 4 is 23.7 Å². The number of carboxylic acid groups (broad SMARTS) is 1. The topological polar surface area (TPSA) is 168 Å². The molecule has 5 unspecified atom stereocenters. The third-order valence-corrected chi connectivity index (χ3v) is 6.20. The van der Waals surface area contributed by atoms with Crippen molar-refractivity contribution in [1.29, 1.82) is 0 Å². The molecule has 1 saturated heterocycles. The van der Waals surface area contributed by atoms with E-state index in [9.17, 15) is 24.3 Å². The van der Waals surface area contributed by atoms with Gasteiger partial charge in [0, 0.05) is 6.54 Å². The Morgan fingerprint density at radius 1 is 1.09 bits per heavy atom. The molecule has 1 aliphatic rings. The van der Waals surface area contributed by atoms with Crippen molar-refractivity contribution in [3.8, 4) is 0 Å². The molecule has 32 heavy (non-hydrogen) atoms. The van der Waals surface area contributed by atoms with Gasteiger partial charge < -0.3 is 32.1 Å². The number of carbonyl (C=O) groups is 4. The van der Waals surface area contributed by atoms with E-state index < -0.39 is 47.9 Å². The van der Waals surface area contributed by atoms with Crippen LogP contribution in [0.4, 0.5) is 0 Å². The predicted molar refractivity (Wildman–Crippen MR) is 121 cm³/mol. The van der Waals surface area contributed by atoms with Crippen molar-refractivity contribution in [1.82, 2.24) is 15.5 Å². The number of hydrogen-bond acceptors (Lipinski definition) is 6. The Kier molecular flexibility index (Phi) is 11.6. The summed E-state index contributed by atoms with van der Waals surface area (Å²) in [4.78, 5) is 51.7. The van der Waals surface area contributed by atoms with Gasteiger partial charge in [0.05, 0.1) is 6.04 Å². The summed E-state index contributed by atoms with van der Waals surface area (Å²) < 4.78 is 0. The zero-order valence-electron chi connectivity index (χ0n) is 19.8. The summed E-state index contributed by atoms with van der Waals surface area (Å²) in [7, 11) is 0. The van der Waals surface area contributed by atoms with E-state index in [1.165, 1.54) is 4.90 Å². The lowest BCUT2D eigenvalue weighted by Crippen LogP contribution is -2.59. The average molecular weight is 456 g/mol. The van der Waals surface area contributed by atoms with E-state index in [0.717, 1.165) is 0 Å². The molecule has 0 spiro atoms. The molecule has 0 saturated carbocycles. The van der Waals surface area contributed by atoms with Gasteiger partial charge in [-0.25, -0.2) is 4.79 Å². The molecular weight excluding hydrogens is 414 g/mol. The fraction of sp³-hybridized carbons (Fsp3) is 0.818. The first-order valence-electron chi connectivity index (χ1n) is 11.6. The Morgan fingerprint density at radius 3 is 2.28 bits per heavy atom. The number of nitrogens with zero attached hydrogens (tertiary/aromatic N) is 1. The van der Waals surface area contributed by atoms with Crippen LogP contribution in [0.3, 0.4) is 0 Å². The van der Waals surface area contributed by atoms with E-state index >= 15 is 0 Å². The van der Waals surface area contributed by atoms with Crippen molar-refractivity contribution in [2.45, 2.75) is 90.4 Å². The Bertz CT molecular complexity index is 657. The number of carbonyl (C=O) groups excluding carboxylic acids is 3. The summed E-state index contributed by atoms with van der Waals surface area (Å²) in [5, 5.41) is 15.0. The van der Waals surface area contributed by atoms with E-state index in [4.69, 9.17) is 11.5 Å². The third-order valence-electron chi connectivity index (χ3n) is 6.20. The Morgan fingerprint density at radius 2 is 1.75 bits per heavy atom. The second kappa shape index (κ2) is 13.4. The molecule has 10 heteroatoms. The maximum atomic E-state index is 13.2. The van der Waals surface area contributed by atoms with Gasteiger partial charge in [0.15, 0.2) is 0 Å². The normalized spacial score (nSPS) is 19.8. The van der Waals surface area contributed by atoms with Crippen molar-refractivity contribution < 1.29 is 24.3 Å². The van der Waals surface area contributed by atoms with Gasteiger partial charge in [-0.15, -0.1) is 0 Å². The fourth-order valence-electron chi connectivity index (χ4n) is 3.74. The summed E-state index contributed by atoms with van der Waals surface area (Å²) in [5.41, 5.74) is 11.5. The minimum absolute atomic E-state index is 0.0969. The first-order valence-corrected chi connectivity index (χ1v) is 11.6. The van der Waals surface area contributed by atoms with Crippen LogP contribution in [0.15, 0.2) is 0 Å². The summed E-state index contributed by atoms with van der Waals surface area (Å²) in [6.45, 7) is 8.19. The van der Waals surface area contributed by atoms with Crippen LogP contribution in [0, 0.1) is 11.8 Å². The molecule has 0 aliphatic carbocycles. The van der Waals surface area contributed by atoms with E-state index in [1.54, 1.807) is 0 Å². The highest BCUT2D eigenvalue weighted by molar-refractivity contribution is 5.94. The number of rotatable bonds is 13. The first-order chi connectivity index (χ1) is 15.0. The SMILES string of the molecule is CCC(C)C(NC(=O)C(CCCCN)NC(=O)C(N)C(C)C)C(=O)N1CCCC1C(=O)O. The zero-order chi connectivity index (χ0) is 24.4. The van der Waals surface area contributed by atoms with Crippen LogP contribution in [-0.2, 0) is 19.2 Å². The number of unbranched alkanes of at least 4 members (excludes halogenated alkanes) is 1. The number of carboxylic acids is 1. The Balaban J connectivity index is 3.02. The van der Waals surface area contributed by atoms with Crippen LogP contribution in [-0.4, -0.2) is 71.0 Å². The monoisotopic (exact) mass is 455 g/mol. The quantitative estimate of drug-likeness (QED) is 0.247. The lowest BCUT2D eigenvalue weighted by atomic mass is 9.96. The highest BCUT2D eigenvalue weighted by atomic mass is 16.4. The van der Waals surface area contributed by atoms with Crippen LogP contribution in [0.2, 0.25) is 0 Å². The van der Waals surface area contributed by atoms with Crippen LogP contribution < -0.4 is 22.1 Å². The van der Waals surface area contributed by atoms with Crippen molar-refractivity contribution in [2.24, 2.45) is 23.3 Å². The molecule has 1 heterocycles. The van der Waals surface area contributed by atoms with Crippen molar-refractivity contribution in [2.75, 3.05) is 13.1 Å². The minimum atomic E-state index is -1.04. The first kappa shape index (κ1) is 27.8. The number of amides is 3.